The van der Waals surface area contributed by atoms with Crippen LogP contribution in [-0.4, -0.2) is 23.3 Å². The lowest BCUT2D eigenvalue weighted by Crippen LogP contribution is -2.29. The topological polar surface area (TPSA) is 20.3 Å². The molecular weight excluding hydrogens is 174 g/mol. The molecule has 1 heterocycles. The van der Waals surface area contributed by atoms with Gasteiger partial charge in [0.15, 0.2) is 5.78 Å². The average molecular weight is 189 g/mol. The summed E-state index contributed by atoms with van der Waals surface area (Å²) in [5, 5.41) is 0. The Bertz CT molecular complexity index is 320. The predicted octanol–water partition coefficient (Wildman–Crippen LogP) is 1.85. The number of hydrogen-bond donors (Lipinski definition) is 0. The molecule has 1 unspecified atom stereocenters. The molecule has 1 aliphatic rings. The molecule has 1 aliphatic heterocycles. The molecule has 0 aliphatic carbocycles. The lowest BCUT2D eigenvalue weighted by Gasteiger charge is -2.19. The molecule has 1 fully saturated rings. The minimum Gasteiger partial charge on any atom is -0.298 e. The van der Waals surface area contributed by atoms with E-state index in [9.17, 15) is 4.79 Å². The average Bonchev–Trinajstić information content (AvgIpc) is 2.52. The maximum absolute atomic E-state index is 11.3. The molecule has 0 saturated carbocycles. The van der Waals surface area contributed by atoms with Gasteiger partial charge in [-0.2, -0.15) is 0 Å². The Morgan fingerprint density at radius 3 is 2.64 bits per heavy atom. The molecule has 0 aromatic heterocycles. The summed E-state index contributed by atoms with van der Waals surface area (Å²) >= 11 is 0. The normalized spacial score (nSPS) is 22.9. The number of ketones is 1. The molecule has 2 heteroatoms. The van der Waals surface area contributed by atoms with E-state index in [0.29, 0.717) is 12.2 Å². The second-order valence-electron chi connectivity index (χ2n) is 3.85. The highest BCUT2D eigenvalue weighted by molar-refractivity contribution is 5.85. The minimum absolute atomic E-state index is 0.107. The molecule has 2 rings (SSSR count). The quantitative estimate of drug-likeness (QED) is 0.707. The van der Waals surface area contributed by atoms with Gasteiger partial charge in [-0.1, -0.05) is 30.3 Å². The van der Waals surface area contributed by atoms with Crippen molar-refractivity contribution in [3.8, 4) is 0 Å². The van der Waals surface area contributed by atoms with Gasteiger partial charge in [0.25, 0.3) is 0 Å². The van der Waals surface area contributed by atoms with Crippen molar-refractivity contribution in [1.82, 2.24) is 4.90 Å². The summed E-state index contributed by atoms with van der Waals surface area (Å²) in [7, 11) is 0. The van der Waals surface area contributed by atoms with Gasteiger partial charge in [0, 0.05) is 19.5 Å². The van der Waals surface area contributed by atoms with Crippen molar-refractivity contribution in [2.75, 3.05) is 6.54 Å². The zero-order valence-corrected chi connectivity index (χ0v) is 8.44. The Hall–Kier alpha value is -1.15. The van der Waals surface area contributed by atoms with Gasteiger partial charge in [-0.05, 0) is 12.5 Å². The van der Waals surface area contributed by atoms with Gasteiger partial charge in [0.2, 0.25) is 0 Å². The molecule has 1 atom stereocenters. The molecule has 0 bridgehead atoms. The third kappa shape index (κ3) is 1.85. The van der Waals surface area contributed by atoms with Crippen LogP contribution in [0.4, 0.5) is 0 Å². The Morgan fingerprint density at radius 2 is 2.07 bits per heavy atom. The molecule has 74 valence electrons. The molecule has 0 spiro atoms. The highest BCUT2D eigenvalue weighted by Gasteiger charge is 2.27. The summed E-state index contributed by atoms with van der Waals surface area (Å²) in [5.41, 5.74) is 1.29. The van der Waals surface area contributed by atoms with Crippen LogP contribution in [0, 0.1) is 0 Å². The first-order chi connectivity index (χ1) is 6.77. The predicted molar refractivity (Wildman–Crippen MR) is 55.9 cm³/mol. The fourth-order valence-corrected chi connectivity index (χ4v) is 1.89. The summed E-state index contributed by atoms with van der Waals surface area (Å²) in [6.45, 7) is 3.81. The number of Topliss-reactive ketones (excluding diaryl/α,β-unsaturated/α-hetero) is 1. The Morgan fingerprint density at radius 1 is 1.36 bits per heavy atom. The zero-order chi connectivity index (χ0) is 9.97. The van der Waals surface area contributed by atoms with Crippen molar-refractivity contribution < 1.29 is 4.79 Å². The fourth-order valence-electron chi connectivity index (χ4n) is 1.89. The standard InChI is InChI=1S/C12H15NO/c1-10-12(14)7-8-13(10)9-11-5-3-2-4-6-11/h2-6,10H,7-9H2,1H3. The van der Waals surface area contributed by atoms with Crippen molar-refractivity contribution in [3.05, 3.63) is 35.9 Å². The molecular formula is C12H15NO. The molecule has 1 aromatic carbocycles. The minimum atomic E-state index is 0.107. The number of carbonyl (C=O) groups is 1. The van der Waals surface area contributed by atoms with Crippen LogP contribution < -0.4 is 0 Å². The Kier molecular flexibility index (Phi) is 2.64. The molecule has 1 aromatic rings. The second-order valence-corrected chi connectivity index (χ2v) is 3.85. The molecule has 2 nitrogen and oxygen atoms in total. The molecule has 1 saturated heterocycles. The van der Waals surface area contributed by atoms with Crippen molar-refractivity contribution in [3.63, 3.8) is 0 Å². The number of nitrogens with zero attached hydrogens (tertiary/aromatic N) is 1. The number of likely N-dealkylation sites (tertiary alicyclic amines) is 1. The van der Waals surface area contributed by atoms with E-state index in [1.807, 2.05) is 25.1 Å². The van der Waals surface area contributed by atoms with E-state index in [2.05, 4.69) is 17.0 Å². The van der Waals surface area contributed by atoms with E-state index < -0.39 is 0 Å². The summed E-state index contributed by atoms with van der Waals surface area (Å²) in [6.07, 6.45) is 0.716. The van der Waals surface area contributed by atoms with E-state index in [-0.39, 0.29) is 6.04 Å². The lowest BCUT2D eigenvalue weighted by atomic mass is 10.2. The van der Waals surface area contributed by atoms with E-state index in [4.69, 9.17) is 0 Å². The van der Waals surface area contributed by atoms with Crippen LogP contribution in [-0.2, 0) is 11.3 Å². The number of benzene rings is 1. The third-order valence-corrected chi connectivity index (χ3v) is 2.89. The van der Waals surface area contributed by atoms with Gasteiger partial charge in [-0.25, -0.2) is 0 Å². The maximum atomic E-state index is 11.3. The van der Waals surface area contributed by atoms with Gasteiger partial charge >= 0.3 is 0 Å². The molecule has 0 amide bonds. The van der Waals surface area contributed by atoms with Crippen molar-refractivity contribution >= 4 is 5.78 Å². The largest absolute Gasteiger partial charge is 0.298 e. The van der Waals surface area contributed by atoms with E-state index in [0.717, 1.165) is 13.1 Å². The van der Waals surface area contributed by atoms with E-state index in [1.54, 1.807) is 0 Å². The van der Waals surface area contributed by atoms with Crippen LogP contribution in [0.5, 0.6) is 0 Å². The van der Waals surface area contributed by atoms with Gasteiger partial charge < -0.3 is 0 Å². The van der Waals surface area contributed by atoms with Gasteiger partial charge in [0.1, 0.15) is 0 Å². The van der Waals surface area contributed by atoms with Crippen LogP contribution in [0.3, 0.4) is 0 Å². The van der Waals surface area contributed by atoms with Crippen molar-refractivity contribution in [2.24, 2.45) is 0 Å². The SMILES string of the molecule is CC1C(=O)CCN1Cc1ccccc1. The number of rotatable bonds is 2. The third-order valence-electron chi connectivity index (χ3n) is 2.89. The maximum Gasteiger partial charge on any atom is 0.150 e. The van der Waals surface area contributed by atoms with Crippen LogP contribution in [0.2, 0.25) is 0 Å². The van der Waals surface area contributed by atoms with Crippen LogP contribution in [0.25, 0.3) is 0 Å². The van der Waals surface area contributed by atoms with Crippen molar-refractivity contribution in [1.29, 1.82) is 0 Å². The Labute approximate surface area is 84.5 Å². The Balaban J connectivity index is 2.02. The smallest absolute Gasteiger partial charge is 0.150 e. The lowest BCUT2D eigenvalue weighted by molar-refractivity contribution is -0.119. The van der Waals surface area contributed by atoms with Crippen LogP contribution in [0.1, 0.15) is 18.9 Å². The summed E-state index contributed by atoms with van der Waals surface area (Å²) in [6, 6.07) is 10.4. The fraction of sp³-hybridized carbons (Fsp3) is 0.417. The summed E-state index contributed by atoms with van der Waals surface area (Å²) in [4.78, 5) is 13.6. The monoisotopic (exact) mass is 189 g/mol. The van der Waals surface area contributed by atoms with Gasteiger partial charge in [-0.15, -0.1) is 0 Å². The first-order valence-corrected chi connectivity index (χ1v) is 5.08. The molecule has 0 N–H and O–H groups in total. The highest BCUT2D eigenvalue weighted by atomic mass is 16.1. The molecule has 0 radical (unpaired) electrons. The molecule has 14 heavy (non-hydrogen) atoms. The highest BCUT2D eigenvalue weighted by Crippen LogP contribution is 2.16. The first kappa shape index (κ1) is 9.41. The summed E-state index contributed by atoms with van der Waals surface area (Å²) < 4.78 is 0. The number of hydrogen-bond acceptors (Lipinski definition) is 2. The zero-order valence-electron chi connectivity index (χ0n) is 8.44. The van der Waals surface area contributed by atoms with E-state index >= 15 is 0 Å². The van der Waals surface area contributed by atoms with E-state index in [1.165, 1.54) is 5.56 Å². The van der Waals surface area contributed by atoms with Crippen molar-refractivity contribution in [2.45, 2.75) is 25.9 Å². The van der Waals surface area contributed by atoms with Crippen LogP contribution >= 0.6 is 0 Å². The van der Waals surface area contributed by atoms with Crippen LogP contribution in [0.15, 0.2) is 30.3 Å². The van der Waals surface area contributed by atoms with Gasteiger partial charge in [0.05, 0.1) is 6.04 Å². The summed E-state index contributed by atoms with van der Waals surface area (Å²) in [5.74, 6) is 0.376. The van der Waals surface area contributed by atoms with Gasteiger partial charge in [-0.3, -0.25) is 9.69 Å². The first-order valence-electron chi connectivity index (χ1n) is 5.08. The number of carbonyl (C=O) groups excluding carboxylic acids is 1. The second kappa shape index (κ2) is 3.93.